The van der Waals surface area contributed by atoms with Crippen LogP contribution in [0, 0.1) is 18.3 Å². The van der Waals surface area contributed by atoms with E-state index >= 15 is 0 Å². The molecule has 0 fully saturated rings. The van der Waals surface area contributed by atoms with Crippen molar-refractivity contribution in [3.8, 4) is 6.07 Å². The van der Waals surface area contributed by atoms with E-state index in [1.165, 1.54) is 4.90 Å². The number of nitriles is 1. The molecule has 0 saturated heterocycles. The summed E-state index contributed by atoms with van der Waals surface area (Å²) in [5.41, 5.74) is 2.13. The molecule has 1 heterocycles. The first-order valence-corrected chi connectivity index (χ1v) is 6.92. The van der Waals surface area contributed by atoms with Gasteiger partial charge in [0.1, 0.15) is 0 Å². The molecule has 0 aliphatic carbocycles. The number of anilines is 1. The number of aryl methyl sites for hydroxylation is 1. The van der Waals surface area contributed by atoms with Crippen molar-refractivity contribution < 1.29 is 9.59 Å². The first-order chi connectivity index (χ1) is 10.8. The molecule has 0 radical (unpaired) electrons. The largest absolute Gasteiger partial charge is 0.343 e. The van der Waals surface area contributed by atoms with Crippen LogP contribution in [0.5, 0.6) is 0 Å². The minimum absolute atomic E-state index is 0.192. The maximum Gasteiger partial charge on any atom is 0.276 e. The summed E-state index contributed by atoms with van der Waals surface area (Å²) >= 11 is 0. The van der Waals surface area contributed by atoms with E-state index in [9.17, 15) is 9.59 Å². The van der Waals surface area contributed by atoms with Gasteiger partial charge >= 0.3 is 0 Å². The van der Waals surface area contributed by atoms with Crippen LogP contribution >= 0.6 is 0 Å². The van der Waals surface area contributed by atoms with Crippen molar-refractivity contribution in [2.24, 2.45) is 7.05 Å². The maximum absolute atomic E-state index is 12.4. The number of rotatable bonds is 3. The van der Waals surface area contributed by atoms with Crippen LogP contribution in [0.4, 0.5) is 5.69 Å². The van der Waals surface area contributed by atoms with Crippen LogP contribution in [-0.2, 0) is 7.05 Å². The van der Waals surface area contributed by atoms with Gasteiger partial charge in [-0.3, -0.25) is 14.3 Å². The summed E-state index contributed by atoms with van der Waals surface area (Å²) in [6.45, 7) is 1.77. The van der Waals surface area contributed by atoms with Gasteiger partial charge < -0.3 is 10.2 Å². The monoisotopic (exact) mass is 311 g/mol. The third-order valence-corrected chi connectivity index (χ3v) is 3.46. The van der Waals surface area contributed by atoms with Crippen molar-refractivity contribution in [2.75, 3.05) is 19.4 Å². The topological polar surface area (TPSA) is 91.0 Å². The standard InChI is InChI=1S/C16H17N5O2/c1-10-13(14(19-21(10)4)16(23)20(2)3)18-15(22)12-7-5-11(9-17)6-8-12/h5-8H,1-4H3,(H,18,22). The zero-order valence-electron chi connectivity index (χ0n) is 13.4. The number of hydrogen-bond donors (Lipinski definition) is 1. The first-order valence-electron chi connectivity index (χ1n) is 6.92. The lowest BCUT2D eigenvalue weighted by Crippen LogP contribution is -2.24. The van der Waals surface area contributed by atoms with Gasteiger partial charge in [-0.15, -0.1) is 0 Å². The highest BCUT2D eigenvalue weighted by atomic mass is 16.2. The average Bonchev–Trinajstić information content (AvgIpc) is 2.82. The number of aromatic nitrogens is 2. The smallest absolute Gasteiger partial charge is 0.276 e. The van der Waals surface area contributed by atoms with Gasteiger partial charge in [0.2, 0.25) is 0 Å². The quantitative estimate of drug-likeness (QED) is 0.931. The van der Waals surface area contributed by atoms with Crippen LogP contribution in [0.25, 0.3) is 0 Å². The lowest BCUT2D eigenvalue weighted by Gasteiger charge is -2.11. The summed E-state index contributed by atoms with van der Waals surface area (Å²) in [6, 6.07) is 8.25. The maximum atomic E-state index is 12.4. The molecule has 0 saturated carbocycles. The van der Waals surface area contributed by atoms with Crippen molar-refractivity contribution in [3.63, 3.8) is 0 Å². The van der Waals surface area contributed by atoms with E-state index in [2.05, 4.69) is 10.4 Å². The molecule has 1 aromatic carbocycles. The summed E-state index contributed by atoms with van der Waals surface area (Å²) in [4.78, 5) is 26.0. The molecule has 0 aliphatic rings. The van der Waals surface area contributed by atoms with Gasteiger partial charge in [0.15, 0.2) is 5.69 Å². The Morgan fingerprint density at radius 1 is 1.26 bits per heavy atom. The van der Waals surface area contributed by atoms with Gasteiger partial charge in [0, 0.05) is 26.7 Å². The van der Waals surface area contributed by atoms with Crippen LogP contribution in [0.2, 0.25) is 0 Å². The Balaban J connectivity index is 2.33. The van der Waals surface area contributed by atoms with E-state index in [1.54, 1.807) is 57.0 Å². The van der Waals surface area contributed by atoms with Gasteiger partial charge in [0.05, 0.1) is 23.0 Å². The zero-order valence-corrected chi connectivity index (χ0v) is 13.4. The number of amides is 2. The second kappa shape index (κ2) is 6.32. The molecule has 0 spiro atoms. The number of nitrogens with zero attached hydrogens (tertiary/aromatic N) is 4. The Hall–Kier alpha value is -3.14. The molecule has 118 valence electrons. The van der Waals surface area contributed by atoms with Crippen LogP contribution in [0.1, 0.15) is 32.1 Å². The second-order valence-electron chi connectivity index (χ2n) is 5.28. The van der Waals surface area contributed by atoms with E-state index in [1.807, 2.05) is 6.07 Å². The summed E-state index contributed by atoms with van der Waals surface area (Å²) in [7, 11) is 4.95. The van der Waals surface area contributed by atoms with Crippen molar-refractivity contribution in [3.05, 3.63) is 46.8 Å². The highest BCUT2D eigenvalue weighted by Crippen LogP contribution is 2.21. The van der Waals surface area contributed by atoms with Crippen molar-refractivity contribution >= 4 is 17.5 Å². The van der Waals surface area contributed by atoms with Crippen LogP contribution < -0.4 is 5.32 Å². The van der Waals surface area contributed by atoms with Crippen LogP contribution in [-0.4, -0.2) is 40.6 Å². The van der Waals surface area contributed by atoms with Gasteiger partial charge in [0.25, 0.3) is 11.8 Å². The van der Waals surface area contributed by atoms with Crippen molar-refractivity contribution in [2.45, 2.75) is 6.92 Å². The highest BCUT2D eigenvalue weighted by Gasteiger charge is 2.23. The van der Waals surface area contributed by atoms with E-state index in [4.69, 9.17) is 5.26 Å². The number of benzene rings is 1. The SMILES string of the molecule is Cc1c(NC(=O)c2ccc(C#N)cc2)c(C(=O)N(C)C)nn1C. The second-order valence-corrected chi connectivity index (χ2v) is 5.28. The fourth-order valence-electron chi connectivity index (χ4n) is 2.00. The Labute approximate surface area is 134 Å². The summed E-state index contributed by atoms with van der Waals surface area (Å²) < 4.78 is 1.55. The molecule has 7 heteroatoms. The molecule has 1 N–H and O–H groups in total. The molecule has 0 unspecified atom stereocenters. The van der Waals surface area contributed by atoms with E-state index in [0.717, 1.165) is 0 Å². The molecule has 0 bridgehead atoms. The molecule has 2 rings (SSSR count). The van der Waals surface area contributed by atoms with Crippen molar-refractivity contribution in [1.82, 2.24) is 14.7 Å². The molecule has 2 aromatic rings. The third-order valence-electron chi connectivity index (χ3n) is 3.46. The number of carbonyl (C=O) groups is 2. The van der Waals surface area contributed by atoms with E-state index in [0.29, 0.717) is 22.5 Å². The third kappa shape index (κ3) is 3.21. The normalized spacial score (nSPS) is 10.0. The molecule has 0 aliphatic heterocycles. The Morgan fingerprint density at radius 2 is 1.87 bits per heavy atom. The molecule has 2 amide bonds. The first kappa shape index (κ1) is 16.2. The van der Waals surface area contributed by atoms with Crippen LogP contribution in [0.15, 0.2) is 24.3 Å². The minimum Gasteiger partial charge on any atom is -0.343 e. The fourth-order valence-corrected chi connectivity index (χ4v) is 2.00. The molecule has 7 nitrogen and oxygen atoms in total. The number of carbonyl (C=O) groups excluding carboxylic acids is 2. The molecular weight excluding hydrogens is 294 g/mol. The van der Waals surface area contributed by atoms with E-state index < -0.39 is 0 Å². The highest BCUT2D eigenvalue weighted by molar-refractivity contribution is 6.08. The van der Waals surface area contributed by atoms with Gasteiger partial charge in [-0.2, -0.15) is 10.4 Å². The predicted octanol–water partition coefficient (Wildman–Crippen LogP) is 1.55. The molecule has 0 atom stereocenters. The summed E-state index contributed by atoms with van der Waals surface area (Å²) in [5, 5.41) is 15.7. The fraction of sp³-hybridized carbons (Fsp3) is 0.250. The van der Waals surface area contributed by atoms with Crippen LogP contribution in [0.3, 0.4) is 0 Å². The van der Waals surface area contributed by atoms with Gasteiger partial charge in [-0.05, 0) is 31.2 Å². The Kier molecular flexibility index (Phi) is 4.46. The minimum atomic E-state index is -0.363. The summed E-state index contributed by atoms with van der Waals surface area (Å²) in [6.07, 6.45) is 0. The lowest BCUT2D eigenvalue weighted by molar-refractivity contribution is 0.0822. The predicted molar refractivity (Wildman–Crippen MR) is 85.1 cm³/mol. The molecule has 1 aromatic heterocycles. The number of hydrogen-bond acceptors (Lipinski definition) is 4. The Bertz CT molecular complexity index is 797. The molecule has 23 heavy (non-hydrogen) atoms. The van der Waals surface area contributed by atoms with Gasteiger partial charge in [-0.25, -0.2) is 0 Å². The van der Waals surface area contributed by atoms with Crippen molar-refractivity contribution in [1.29, 1.82) is 5.26 Å². The van der Waals surface area contributed by atoms with Gasteiger partial charge in [-0.1, -0.05) is 0 Å². The summed E-state index contributed by atoms with van der Waals surface area (Å²) in [5.74, 6) is -0.651. The van der Waals surface area contributed by atoms with E-state index in [-0.39, 0.29) is 17.5 Å². The Morgan fingerprint density at radius 3 is 2.39 bits per heavy atom. The zero-order chi connectivity index (χ0) is 17.1. The lowest BCUT2D eigenvalue weighted by atomic mass is 10.1. The number of nitrogens with one attached hydrogen (secondary N) is 1. The average molecular weight is 311 g/mol. The molecular formula is C16H17N5O2.